The van der Waals surface area contributed by atoms with E-state index in [-0.39, 0.29) is 12.2 Å². The van der Waals surface area contributed by atoms with Crippen LogP contribution in [0.1, 0.15) is 10.4 Å². The molecule has 19 heavy (non-hydrogen) atoms. The minimum Gasteiger partial charge on any atom is -0.478 e. The summed E-state index contributed by atoms with van der Waals surface area (Å²) in [4.78, 5) is 12.1. The Morgan fingerprint density at radius 2 is 1.84 bits per heavy atom. The van der Waals surface area contributed by atoms with Gasteiger partial charge >= 0.3 is 5.97 Å². The van der Waals surface area contributed by atoms with Crippen LogP contribution in [0.4, 0.5) is 0 Å². The van der Waals surface area contributed by atoms with Gasteiger partial charge in [-0.3, -0.25) is 0 Å². The van der Waals surface area contributed by atoms with E-state index in [1.165, 1.54) is 11.8 Å². The minimum absolute atomic E-state index is 0.266. The number of benzene rings is 2. The highest BCUT2D eigenvalue weighted by Crippen LogP contribution is 2.30. The molecule has 0 radical (unpaired) electrons. The second-order valence-corrected chi connectivity index (χ2v) is 5.17. The summed E-state index contributed by atoms with van der Waals surface area (Å²) in [5.41, 5.74) is 0.266. The van der Waals surface area contributed by atoms with E-state index in [4.69, 9.17) is 10.2 Å². The lowest BCUT2D eigenvalue weighted by Crippen LogP contribution is -2.14. The number of rotatable bonds is 5. The van der Waals surface area contributed by atoms with Gasteiger partial charge in [-0.15, -0.1) is 11.8 Å². The maximum absolute atomic E-state index is 11.2. The van der Waals surface area contributed by atoms with Gasteiger partial charge in [-0.25, -0.2) is 4.79 Å². The maximum atomic E-state index is 11.2. The van der Waals surface area contributed by atoms with Gasteiger partial charge in [0, 0.05) is 10.6 Å². The number of thioether (sulfide) groups is 1. The minimum atomic E-state index is -0.955. The first-order chi connectivity index (χ1) is 9.13. The molecule has 0 amide bonds. The van der Waals surface area contributed by atoms with E-state index in [0.29, 0.717) is 11.1 Å². The van der Waals surface area contributed by atoms with Crippen LogP contribution in [0.25, 0.3) is 10.8 Å². The molecule has 3 N–H and O–H groups in total. The molecule has 0 spiro atoms. The maximum Gasteiger partial charge on any atom is 0.336 e. The highest BCUT2D eigenvalue weighted by atomic mass is 32.2. The lowest BCUT2D eigenvalue weighted by molar-refractivity contribution is 0.0699. The van der Waals surface area contributed by atoms with Crippen LogP contribution in [-0.2, 0) is 0 Å². The fourth-order valence-corrected chi connectivity index (χ4v) is 2.80. The largest absolute Gasteiger partial charge is 0.478 e. The average molecular weight is 278 g/mol. The van der Waals surface area contributed by atoms with Gasteiger partial charge in [0.25, 0.3) is 0 Å². The molecule has 0 heterocycles. The van der Waals surface area contributed by atoms with Crippen LogP contribution < -0.4 is 0 Å². The second-order valence-electron chi connectivity index (χ2n) is 4.11. The monoisotopic (exact) mass is 278 g/mol. The first-order valence-electron chi connectivity index (χ1n) is 5.80. The van der Waals surface area contributed by atoms with Crippen LogP contribution in [0.15, 0.2) is 41.3 Å². The van der Waals surface area contributed by atoms with E-state index in [1.807, 2.05) is 12.1 Å². The van der Waals surface area contributed by atoms with Gasteiger partial charge in [-0.05, 0) is 22.9 Å². The third-order valence-electron chi connectivity index (χ3n) is 2.76. The standard InChI is InChI=1S/C14H14O4S/c15-7-9(16)8-19-13-6-5-12(14(17)18)10-3-1-2-4-11(10)13/h1-6,9,15-16H,7-8H2,(H,17,18). The van der Waals surface area contributed by atoms with Crippen molar-refractivity contribution >= 4 is 28.5 Å². The molecule has 2 aromatic rings. The summed E-state index contributed by atoms with van der Waals surface area (Å²) in [5.74, 6) is -0.587. The summed E-state index contributed by atoms with van der Waals surface area (Å²) < 4.78 is 0. The number of hydrogen-bond donors (Lipinski definition) is 3. The zero-order valence-corrected chi connectivity index (χ0v) is 10.9. The highest BCUT2D eigenvalue weighted by molar-refractivity contribution is 7.99. The smallest absolute Gasteiger partial charge is 0.336 e. The topological polar surface area (TPSA) is 77.8 Å². The van der Waals surface area contributed by atoms with Gasteiger partial charge < -0.3 is 15.3 Å². The van der Waals surface area contributed by atoms with Crippen LogP contribution >= 0.6 is 11.8 Å². The van der Waals surface area contributed by atoms with Gasteiger partial charge in [-0.1, -0.05) is 24.3 Å². The number of carbonyl (C=O) groups is 1. The van der Waals surface area contributed by atoms with Crippen LogP contribution in [-0.4, -0.2) is 39.8 Å². The summed E-state index contributed by atoms with van der Waals surface area (Å²) >= 11 is 1.40. The predicted octanol–water partition coefficient (Wildman–Crippen LogP) is 1.98. The molecule has 2 rings (SSSR count). The number of hydrogen-bond acceptors (Lipinski definition) is 4. The molecule has 0 aromatic heterocycles. The van der Waals surface area contributed by atoms with E-state index in [2.05, 4.69) is 0 Å². The Balaban J connectivity index is 2.41. The molecule has 1 unspecified atom stereocenters. The van der Waals surface area contributed by atoms with E-state index in [9.17, 15) is 9.90 Å². The molecule has 0 aliphatic heterocycles. The molecular formula is C14H14O4S. The first kappa shape index (κ1) is 13.9. The van der Waals surface area contributed by atoms with E-state index < -0.39 is 12.1 Å². The summed E-state index contributed by atoms with van der Waals surface area (Å²) in [6, 6.07) is 10.6. The quantitative estimate of drug-likeness (QED) is 0.729. The highest BCUT2D eigenvalue weighted by Gasteiger charge is 2.12. The van der Waals surface area contributed by atoms with E-state index in [1.54, 1.807) is 24.3 Å². The van der Waals surface area contributed by atoms with Crippen molar-refractivity contribution < 1.29 is 20.1 Å². The molecule has 4 nitrogen and oxygen atoms in total. The Morgan fingerprint density at radius 1 is 1.16 bits per heavy atom. The number of aliphatic hydroxyl groups excluding tert-OH is 2. The Kier molecular flexibility index (Phi) is 4.42. The third kappa shape index (κ3) is 3.07. The van der Waals surface area contributed by atoms with Crippen LogP contribution in [0.3, 0.4) is 0 Å². The number of aliphatic hydroxyl groups is 2. The Morgan fingerprint density at radius 3 is 2.47 bits per heavy atom. The number of aromatic carboxylic acids is 1. The van der Waals surface area contributed by atoms with Crippen molar-refractivity contribution in [2.75, 3.05) is 12.4 Å². The zero-order valence-electron chi connectivity index (χ0n) is 10.1. The number of carboxylic acids is 1. The van der Waals surface area contributed by atoms with Crippen molar-refractivity contribution in [1.82, 2.24) is 0 Å². The summed E-state index contributed by atoms with van der Waals surface area (Å²) in [7, 11) is 0. The SMILES string of the molecule is O=C(O)c1ccc(SCC(O)CO)c2ccccc12. The van der Waals surface area contributed by atoms with Crippen molar-refractivity contribution in [3.05, 3.63) is 42.0 Å². The van der Waals surface area contributed by atoms with Crippen LogP contribution in [0, 0.1) is 0 Å². The molecular weight excluding hydrogens is 264 g/mol. The van der Waals surface area contributed by atoms with Crippen molar-refractivity contribution in [2.45, 2.75) is 11.0 Å². The molecule has 2 aromatic carbocycles. The molecule has 0 aliphatic rings. The van der Waals surface area contributed by atoms with Gasteiger partial charge in [0.2, 0.25) is 0 Å². The summed E-state index contributed by atoms with van der Waals surface area (Å²) in [6.07, 6.45) is -0.775. The molecule has 1 atom stereocenters. The lowest BCUT2D eigenvalue weighted by atomic mass is 10.0. The van der Waals surface area contributed by atoms with Crippen LogP contribution in [0.5, 0.6) is 0 Å². The van der Waals surface area contributed by atoms with Crippen LogP contribution in [0.2, 0.25) is 0 Å². The fourth-order valence-electron chi connectivity index (χ4n) is 1.82. The molecule has 0 bridgehead atoms. The van der Waals surface area contributed by atoms with Gasteiger partial charge in [-0.2, -0.15) is 0 Å². The third-order valence-corrected chi connectivity index (χ3v) is 3.97. The Hall–Kier alpha value is -1.56. The Labute approximate surface area is 114 Å². The fraction of sp³-hybridized carbons (Fsp3) is 0.214. The summed E-state index contributed by atoms with van der Waals surface area (Å²) in [6.45, 7) is -0.280. The van der Waals surface area contributed by atoms with Gasteiger partial charge in [0.1, 0.15) is 0 Å². The van der Waals surface area contributed by atoms with Crippen molar-refractivity contribution in [3.8, 4) is 0 Å². The van der Waals surface area contributed by atoms with Crippen molar-refractivity contribution in [1.29, 1.82) is 0 Å². The molecule has 0 aliphatic carbocycles. The van der Waals surface area contributed by atoms with Gasteiger partial charge in [0.15, 0.2) is 0 Å². The molecule has 0 saturated carbocycles. The molecule has 0 fully saturated rings. The van der Waals surface area contributed by atoms with Crippen molar-refractivity contribution in [3.63, 3.8) is 0 Å². The molecule has 0 saturated heterocycles. The number of carboxylic acid groups (broad SMARTS) is 1. The average Bonchev–Trinajstić information content (AvgIpc) is 2.43. The van der Waals surface area contributed by atoms with E-state index in [0.717, 1.165) is 10.3 Å². The van der Waals surface area contributed by atoms with Gasteiger partial charge in [0.05, 0.1) is 18.3 Å². The zero-order chi connectivity index (χ0) is 13.8. The van der Waals surface area contributed by atoms with Crippen molar-refractivity contribution in [2.24, 2.45) is 0 Å². The lowest BCUT2D eigenvalue weighted by Gasteiger charge is -2.10. The molecule has 100 valence electrons. The second kappa shape index (κ2) is 6.06. The number of fused-ring (bicyclic) bond motifs is 1. The normalized spacial score (nSPS) is 12.5. The first-order valence-corrected chi connectivity index (χ1v) is 6.79. The van der Waals surface area contributed by atoms with E-state index >= 15 is 0 Å². The summed E-state index contributed by atoms with van der Waals surface area (Å²) in [5, 5.41) is 28.8. The molecule has 5 heteroatoms. The predicted molar refractivity (Wildman–Crippen MR) is 74.7 cm³/mol. The Bertz CT molecular complexity index is 597.